The summed E-state index contributed by atoms with van der Waals surface area (Å²) in [5.74, 6) is 1.53. The van der Waals surface area contributed by atoms with Gasteiger partial charge in [-0.05, 0) is 56.4 Å². The van der Waals surface area contributed by atoms with E-state index in [0.29, 0.717) is 36.0 Å². The summed E-state index contributed by atoms with van der Waals surface area (Å²) in [5, 5.41) is 13.1. The van der Waals surface area contributed by atoms with Crippen molar-refractivity contribution >= 4 is 30.0 Å². The first kappa shape index (κ1) is 22.6. The van der Waals surface area contributed by atoms with Crippen LogP contribution in [0.4, 0.5) is 17.8 Å². The molecular weight excluding hydrogens is 426 g/mol. The van der Waals surface area contributed by atoms with E-state index in [1.165, 1.54) is 0 Å². The summed E-state index contributed by atoms with van der Waals surface area (Å²) in [6.45, 7) is 5.62. The van der Waals surface area contributed by atoms with Crippen LogP contribution in [0.1, 0.15) is 38.2 Å². The Kier molecular flexibility index (Phi) is 7.38. The third-order valence-corrected chi connectivity index (χ3v) is 5.39. The van der Waals surface area contributed by atoms with Gasteiger partial charge in [-0.15, -0.1) is 0 Å². The van der Waals surface area contributed by atoms with Crippen LogP contribution in [0, 0.1) is 0 Å². The molecule has 2 aliphatic heterocycles. The van der Waals surface area contributed by atoms with E-state index in [1.54, 1.807) is 24.4 Å². The van der Waals surface area contributed by atoms with Gasteiger partial charge < -0.3 is 24.4 Å². The number of rotatable bonds is 10. The Hall–Kier alpha value is -3.63. The average Bonchev–Trinajstić information content (AvgIpc) is 3.53. The van der Waals surface area contributed by atoms with E-state index in [4.69, 9.17) is 19.6 Å². The number of ether oxygens (including phenoxy) is 2. The number of anilines is 3. The molecule has 0 bridgehead atoms. The van der Waals surface area contributed by atoms with Crippen LogP contribution in [0.25, 0.3) is 0 Å². The number of benzene rings is 1. The van der Waals surface area contributed by atoms with Crippen LogP contribution < -0.4 is 24.7 Å². The van der Waals surface area contributed by atoms with Crippen molar-refractivity contribution in [2.75, 3.05) is 54.6 Å². The maximum Gasteiger partial charge on any atom is 0.341 e. The number of nitrogens with one attached hydrogen (secondary N) is 1. The van der Waals surface area contributed by atoms with Gasteiger partial charge in [0.25, 0.3) is 0 Å². The lowest BCUT2D eigenvalue weighted by Crippen LogP contribution is -2.25. The number of hydrogen-bond acceptors (Lipinski definition) is 10. The van der Waals surface area contributed by atoms with Gasteiger partial charge in [0, 0.05) is 26.2 Å². The molecule has 2 saturated heterocycles. The van der Waals surface area contributed by atoms with Gasteiger partial charge in [0.05, 0.1) is 12.8 Å². The van der Waals surface area contributed by atoms with Crippen molar-refractivity contribution in [1.29, 1.82) is 0 Å². The van der Waals surface area contributed by atoms with E-state index in [-0.39, 0.29) is 0 Å². The smallest absolute Gasteiger partial charge is 0.341 e. The fraction of sp³-hybridized carbons (Fsp3) is 0.500. The van der Waals surface area contributed by atoms with E-state index in [9.17, 15) is 4.79 Å². The molecule has 2 aliphatic rings. The monoisotopic (exact) mass is 455 g/mol. The molecule has 2 fully saturated rings. The normalized spacial score (nSPS) is 15.9. The lowest BCUT2D eigenvalue weighted by molar-refractivity contribution is -0.139. The largest absolute Gasteiger partial charge is 0.490 e. The maximum absolute atomic E-state index is 10.8. The Morgan fingerprint density at radius 1 is 1.03 bits per heavy atom. The second-order valence-corrected chi connectivity index (χ2v) is 7.84. The number of carboxylic acid groups (broad SMARTS) is 1. The minimum absolute atomic E-state index is 0.368. The number of nitrogens with zero attached hydrogens (tertiary/aromatic N) is 6. The molecule has 11 nitrogen and oxygen atoms in total. The Labute approximate surface area is 192 Å². The fourth-order valence-corrected chi connectivity index (χ4v) is 3.82. The summed E-state index contributed by atoms with van der Waals surface area (Å²) in [5.41, 5.74) is 3.68. The first-order valence-corrected chi connectivity index (χ1v) is 11.3. The highest BCUT2D eigenvalue weighted by Crippen LogP contribution is 2.28. The second kappa shape index (κ2) is 10.8. The van der Waals surface area contributed by atoms with Crippen LogP contribution in [0.5, 0.6) is 11.5 Å². The molecule has 0 radical (unpaired) electrons. The highest BCUT2D eigenvalue weighted by molar-refractivity contribution is 5.81. The minimum atomic E-state index is -1.05. The number of hydrogen-bond donors (Lipinski definition) is 2. The van der Waals surface area contributed by atoms with Crippen molar-refractivity contribution in [3.8, 4) is 11.5 Å². The summed E-state index contributed by atoms with van der Waals surface area (Å²) < 4.78 is 10.9. The Balaban J connectivity index is 1.49. The molecule has 4 rings (SSSR count). The zero-order valence-electron chi connectivity index (χ0n) is 18.7. The minimum Gasteiger partial charge on any atom is -0.490 e. The van der Waals surface area contributed by atoms with Crippen molar-refractivity contribution in [1.82, 2.24) is 15.0 Å². The van der Waals surface area contributed by atoms with Gasteiger partial charge in [0.15, 0.2) is 18.1 Å². The van der Waals surface area contributed by atoms with E-state index in [0.717, 1.165) is 57.4 Å². The summed E-state index contributed by atoms with van der Waals surface area (Å²) in [7, 11) is 0. The molecule has 0 spiro atoms. The molecule has 0 aliphatic carbocycles. The van der Waals surface area contributed by atoms with E-state index in [2.05, 4.69) is 30.3 Å². The molecule has 0 amide bonds. The summed E-state index contributed by atoms with van der Waals surface area (Å²) in [6.07, 6.45) is 6.18. The van der Waals surface area contributed by atoms with Crippen molar-refractivity contribution < 1.29 is 19.4 Å². The lowest BCUT2D eigenvalue weighted by Gasteiger charge is -2.20. The van der Waals surface area contributed by atoms with Crippen LogP contribution >= 0.6 is 0 Å². The first-order chi connectivity index (χ1) is 16.1. The lowest BCUT2D eigenvalue weighted by atomic mass is 10.2. The average molecular weight is 456 g/mol. The SMILES string of the molecule is CCOc1cc(/C=N/Nc2nc(N3CCCC3)nc(N3CCCC3)n2)ccc1OCC(=O)O. The Morgan fingerprint density at radius 2 is 1.67 bits per heavy atom. The highest BCUT2D eigenvalue weighted by Gasteiger charge is 2.21. The topological polar surface area (TPSA) is 125 Å². The maximum atomic E-state index is 10.8. The zero-order valence-corrected chi connectivity index (χ0v) is 18.7. The van der Waals surface area contributed by atoms with Gasteiger partial charge >= 0.3 is 5.97 Å². The van der Waals surface area contributed by atoms with E-state index >= 15 is 0 Å². The summed E-state index contributed by atoms with van der Waals surface area (Å²) in [4.78, 5) is 29.0. The van der Waals surface area contributed by atoms with Crippen LogP contribution in [0.15, 0.2) is 23.3 Å². The van der Waals surface area contributed by atoms with Gasteiger partial charge in [-0.25, -0.2) is 10.2 Å². The number of carbonyl (C=O) groups is 1. The molecule has 3 heterocycles. The molecule has 2 N–H and O–H groups in total. The van der Waals surface area contributed by atoms with Crippen LogP contribution in [-0.2, 0) is 4.79 Å². The van der Waals surface area contributed by atoms with Crippen LogP contribution in [-0.4, -0.2) is 71.6 Å². The number of aromatic nitrogens is 3. The molecule has 0 atom stereocenters. The Bertz CT molecular complexity index is 954. The predicted octanol–water partition coefficient (Wildman–Crippen LogP) is 2.38. The molecule has 1 aromatic heterocycles. The van der Waals surface area contributed by atoms with Gasteiger partial charge in [-0.1, -0.05) is 0 Å². The molecule has 11 heteroatoms. The summed E-state index contributed by atoms with van der Waals surface area (Å²) >= 11 is 0. The Morgan fingerprint density at radius 3 is 2.24 bits per heavy atom. The quantitative estimate of drug-likeness (QED) is 0.407. The third-order valence-electron chi connectivity index (χ3n) is 5.39. The van der Waals surface area contributed by atoms with Gasteiger partial charge in [0.2, 0.25) is 17.8 Å². The molecule has 176 valence electrons. The van der Waals surface area contributed by atoms with Crippen LogP contribution in [0.3, 0.4) is 0 Å². The first-order valence-electron chi connectivity index (χ1n) is 11.3. The fourth-order valence-electron chi connectivity index (χ4n) is 3.82. The molecule has 33 heavy (non-hydrogen) atoms. The number of carboxylic acids is 1. The number of aliphatic carboxylic acids is 1. The predicted molar refractivity (Wildman–Crippen MR) is 125 cm³/mol. The second-order valence-electron chi connectivity index (χ2n) is 7.84. The highest BCUT2D eigenvalue weighted by atomic mass is 16.5. The van der Waals surface area contributed by atoms with Gasteiger partial charge in [-0.3, -0.25) is 0 Å². The van der Waals surface area contributed by atoms with Crippen molar-refractivity contribution in [2.45, 2.75) is 32.6 Å². The van der Waals surface area contributed by atoms with Crippen LogP contribution in [0.2, 0.25) is 0 Å². The van der Waals surface area contributed by atoms with Gasteiger partial charge in [0.1, 0.15) is 0 Å². The number of hydrazone groups is 1. The molecule has 1 aromatic carbocycles. The van der Waals surface area contributed by atoms with Gasteiger partial charge in [-0.2, -0.15) is 20.1 Å². The zero-order chi connectivity index (χ0) is 23.0. The van der Waals surface area contributed by atoms with E-state index < -0.39 is 12.6 Å². The van der Waals surface area contributed by atoms with Crippen molar-refractivity contribution in [2.24, 2.45) is 5.10 Å². The molecule has 2 aromatic rings. The van der Waals surface area contributed by atoms with Crippen molar-refractivity contribution in [3.63, 3.8) is 0 Å². The molecule has 0 saturated carbocycles. The third kappa shape index (κ3) is 5.99. The summed E-state index contributed by atoms with van der Waals surface area (Å²) in [6, 6.07) is 5.17. The van der Waals surface area contributed by atoms with E-state index in [1.807, 2.05) is 6.92 Å². The van der Waals surface area contributed by atoms with Crippen molar-refractivity contribution in [3.05, 3.63) is 23.8 Å². The molecular formula is C22H29N7O4. The molecule has 0 unspecified atom stereocenters. The standard InChI is InChI=1S/C22H29N7O4/c1-2-32-18-13-16(7-8-17(18)33-15-19(30)31)14-23-27-20-24-21(28-9-3-4-10-28)26-22(25-20)29-11-5-6-12-29/h7-8,13-14H,2-6,9-12,15H2,1H3,(H,30,31)(H,24,25,26,27)/b23-14+.